The number of halogens is 1. The first-order chi connectivity index (χ1) is 11.2. The molecule has 0 amide bonds. The summed E-state index contributed by atoms with van der Waals surface area (Å²) in [6.07, 6.45) is 3.10. The zero-order valence-corrected chi connectivity index (χ0v) is 13.6. The zero-order valence-electron chi connectivity index (χ0n) is 12.0. The van der Waals surface area contributed by atoms with Crippen LogP contribution in [-0.2, 0) is 5.75 Å². The van der Waals surface area contributed by atoms with Gasteiger partial charge in [0.1, 0.15) is 12.1 Å². The van der Waals surface area contributed by atoms with Crippen molar-refractivity contribution in [3.63, 3.8) is 0 Å². The van der Waals surface area contributed by atoms with Crippen molar-refractivity contribution in [3.8, 4) is 5.75 Å². The maximum absolute atomic E-state index is 9.74. The molecule has 0 aliphatic carbocycles. The quantitative estimate of drug-likeness (QED) is 0.564. The van der Waals surface area contributed by atoms with E-state index in [9.17, 15) is 5.11 Å². The molecule has 0 spiro atoms. The van der Waals surface area contributed by atoms with Gasteiger partial charge in [0.15, 0.2) is 0 Å². The number of phenolic OH excluding ortho intramolecular Hbond substituents is 1. The Balaban J connectivity index is 1.70. The van der Waals surface area contributed by atoms with Crippen molar-refractivity contribution in [1.82, 2.24) is 14.9 Å². The van der Waals surface area contributed by atoms with Gasteiger partial charge in [0.2, 0.25) is 5.16 Å². The van der Waals surface area contributed by atoms with Crippen LogP contribution in [-0.4, -0.2) is 26.2 Å². The van der Waals surface area contributed by atoms with Gasteiger partial charge in [-0.15, -0.1) is 10.2 Å². The highest BCUT2D eigenvalue weighted by atomic mass is 35.5. The predicted octanol–water partition coefficient (Wildman–Crippen LogP) is 3.81. The molecule has 0 radical (unpaired) electrons. The predicted molar refractivity (Wildman–Crippen MR) is 92.1 cm³/mol. The molecular weight excluding hydrogens is 332 g/mol. The second kappa shape index (κ2) is 7.30. The fraction of sp³-hybridized carbons (Fsp3) is 0.0625. The molecule has 5 nitrogen and oxygen atoms in total. The van der Waals surface area contributed by atoms with Crippen LogP contribution in [0.2, 0.25) is 5.02 Å². The van der Waals surface area contributed by atoms with Crippen LogP contribution >= 0.6 is 23.4 Å². The van der Waals surface area contributed by atoms with Crippen LogP contribution in [0.1, 0.15) is 11.1 Å². The van der Waals surface area contributed by atoms with Crippen LogP contribution in [0.5, 0.6) is 5.75 Å². The van der Waals surface area contributed by atoms with Gasteiger partial charge in [-0.3, -0.25) is 0 Å². The SMILES string of the molecule is Oc1ccccc1/C=N/n1cnnc1SCc1ccc(Cl)cc1. The summed E-state index contributed by atoms with van der Waals surface area (Å²) in [6, 6.07) is 14.7. The maximum Gasteiger partial charge on any atom is 0.212 e. The van der Waals surface area contributed by atoms with Crippen LogP contribution in [0, 0.1) is 0 Å². The molecule has 23 heavy (non-hydrogen) atoms. The number of aromatic hydroxyl groups is 1. The van der Waals surface area contributed by atoms with Crippen molar-refractivity contribution < 1.29 is 5.11 Å². The highest BCUT2D eigenvalue weighted by Crippen LogP contribution is 2.22. The van der Waals surface area contributed by atoms with E-state index in [2.05, 4.69) is 15.3 Å². The molecule has 1 aromatic heterocycles. The summed E-state index contributed by atoms with van der Waals surface area (Å²) in [6.45, 7) is 0. The average Bonchev–Trinajstić information content (AvgIpc) is 3.01. The third-order valence-electron chi connectivity index (χ3n) is 3.04. The first-order valence-corrected chi connectivity index (χ1v) is 8.18. The highest BCUT2D eigenvalue weighted by Gasteiger charge is 2.05. The molecular formula is C16H13ClN4OS. The number of aromatic nitrogens is 3. The van der Waals surface area contributed by atoms with Crippen molar-refractivity contribution in [1.29, 1.82) is 0 Å². The number of benzene rings is 2. The van der Waals surface area contributed by atoms with Crippen molar-refractivity contribution in [2.75, 3.05) is 0 Å². The summed E-state index contributed by atoms with van der Waals surface area (Å²) < 4.78 is 1.58. The molecule has 116 valence electrons. The number of hydrogen-bond acceptors (Lipinski definition) is 5. The maximum atomic E-state index is 9.74. The first-order valence-electron chi connectivity index (χ1n) is 6.82. The van der Waals surface area contributed by atoms with E-state index in [0.717, 1.165) is 11.3 Å². The molecule has 0 unspecified atom stereocenters. The van der Waals surface area contributed by atoms with Crippen LogP contribution < -0.4 is 0 Å². The summed E-state index contributed by atoms with van der Waals surface area (Å²) in [5.41, 5.74) is 1.77. The van der Waals surface area contributed by atoms with Crippen molar-refractivity contribution >= 4 is 29.6 Å². The number of para-hydroxylation sites is 1. The Morgan fingerprint density at radius 1 is 1.17 bits per heavy atom. The summed E-state index contributed by atoms with van der Waals surface area (Å²) in [5, 5.41) is 23.3. The van der Waals surface area contributed by atoms with Crippen LogP contribution in [0.3, 0.4) is 0 Å². The minimum atomic E-state index is 0.180. The molecule has 1 N–H and O–H groups in total. The second-order valence-corrected chi connectivity index (χ2v) is 6.06. The van der Waals surface area contributed by atoms with E-state index in [1.54, 1.807) is 29.1 Å². The van der Waals surface area contributed by atoms with Gasteiger partial charge < -0.3 is 5.11 Å². The molecule has 0 saturated heterocycles. The topological polar surface area (TPSA) is 63.3 Å². The van der Waals surface area contributed by atoms with E-state index < -0.39 is 0 Å². The third kappa shape index (κ3) is 4.12. The molecule has 7 heteroatoms. The van der Waals surface area contributed by atoms with Gasteiger partial charge in [0, 0.05) is 16.3 Å². The van der Waals surface area contributed by atoms with E-state index in [1.165, 1.54) is 18.1 Å². The highest BCUT2D eigenvalue weighted by molar-refractivity contribution is 7.98. The van der Waals surface area contributed by atoms with Gasteiger partial charge in [-0.25, -0.2) is 0 Å². The smallest absolute Gasteiger partial charge is 0.212 e. The molecule has 0 saturated carbocycles. The Morgan fingerprint density at radius 2 is 1.96 bits per heavy atom. The number of hydrogen-bond donors (Lipinski definition) is 1. The molecule has 1 heterocycles. The van der Waals surface area contributed by atoms with Gasteiger partial charge in [-0.2, -0.15) is 9.78 Å². The van der Waals surface area contributed by atoms with E-state index in [1.807, 2.05) is 30.3 Å². The Hall–Kier alpha value is -2.31. The lowest BCUT2D eigenvalue weighted by Gasteiger charge is -2.02. The van der Waals surface area contributed by atoms with E-state index in [4.69, 9.17) is 11.6 Å². The molecule has 0 fully saturated rings. The molecule has 3 aromatic rings. The standard InChI is InChI=1S/C16H13ClN4OS/c17-14-7-5-12(6-8-14)10-23-16-20-18-11-21(16)19-9-13-3-1-2-4-15(13)22/h1-9,11,22H,10H2/b19-9+. The molecule has 0 aliphatic rings. The first kappa shape index (κ1) is 15.6. The van der Waals surface area contributed by atoms with E-state index >= 15 is 0 Å². The van der Waals surface area contributed by atoms with Gasteiger partial charge in [-0.1, -0.05) is 47.6 Å². The Bertz CT molecular complexity index is 817. The third-order valence-corrected chi connectivity index (χ3v) is 4.30. The number of phenols is 1. The van der Waals surface area contributed by atoms with Crippen LogP contribution in [0.4, 0.5) is 0 Å². The van der Waals surface area contributed by atoms with Gasteiger partial charge in [0.05, 0.1) is 6.21 Å². The Labute approximate surface area is 142 Å². The lowest BCUT2D eigenvalue weighted by molar-refractivity contribution is 0.474. The molecule has 0 bridgehead atoms. The second-order valence-electron chi connectivity index (χ2n) is 4.68. The summed E-state index contributed by atoms with van der Waals surface area (Å²) in [4.78, 5) is 0. The summed E-state index contributed by atoms with van der Waals surface area (Å²) >= 11 is 7.40. The Morgan fingerprint density at radius 3 is 2.74 bits per heavy atom. The summed E-state index contributed by atoms with van der Waals surface area (Å²) in [7, 11) is 0. The van der Waals surface area contributed by atoms with Crippen molar-refractivity contribution in [2.45, 2.75) is 10.9 Å². The monoisotopic (exact) mass is 344 g/mol. The minimum absolute atomic E-state index is 0.180. The van der Waals surface area contributed by atoms with E-state index in [-0.39, 0.29) is 5.75 Å². The zero-order chi connectivity index (χ0) is 16.1. The Kier molecular flexibility index (Phi) is 4.95. The van der Waals surface area contributed by atoms with Crippen molar-refractivity contribution in [2.24, 2.45) is 5.10 Å². The number of nitrogens with zero attached hydrogens (tertiary/aromatic N) is 4. The van der Waals surface area contributed by atoms with Crippen molar-refractivity contribution in [3.05, 3.63) is 71.0 Å². The largest absolute Gasteiger partial charge is 0.507 e. The number of rotatable bonds is 5. The fourth-order valence-electron chi connectivity index (χ4n) is 1.84. The lowest BCUT2D eigenvalue weighted by Crippen LogP contribution is -1.93. The van der Waals surface area contributed by atoms with Crippen LogP contribution in [0.25, 0.3) is 0 Å². The number of thioether (sulfide) groups is 1. The molecule has 0 aliphatic heterocycles. The average molecular weight is 345 g/mol. The summed E-state index contributed by atoms with van der Waals surface area (Å²) in [5.74, 6) is 0.918. The van der Waals surface area contributed by atoms with Gasteiger partial charge in [0.25, 0.3) is 0 Å². The molecule has 2 aromatic carbocycles. The van der Waals surface area contributed by atoms with Gasteiger partial charge >= 0.3 is 0 Å². The fourth-order valence-corrected chi connectivity index (χ4v) is 2.79. The normalized spacial score (nSPS) is 11.2. The van der Waals surface area contributed by atoms with E-state index in [0.29, 0.717) is 15.7 Å². The minimum Gasteiger partial charge on any atom is -0.507 e. The molecule has 0 atom stereocenters. The molecule has 3 rings (SSSR count). The van der Waals surface area contributed by atoms with Gasteiger partial charge in [-0.05, 0) is 29.8 Å². The lowest BCUT2D eigenvalue weighted by atomic mass is 10.2. The van der Waals surface area contributed by atoms with Crippen LogP contribution in [0.15, 0.2) is 65.1 Å².